The van der Waals surface area contributed by atoms with Crippen molar-refractivity contribution >= 4 is 33.4 Å². The largest absolute Gasteiger partial charge is 0.468 e. The number of carbonyl (C=O) groups excluding carboxylic acids is 1. The van der Waals surface area contributed by atoms with Gasteiger partial charge in [-0.25, -0.2) is 0 Å². The highest BCUT2D eigenvalue weighted by atomic mass is 79.9. The lowest BCUT2D eigenvalue weighted by molar-refractivity contribution is 0.0934. The van der Waals surface area contributed by atoms with Gasteiger partial charge in [-0.15, -0.1) is 0 Å². The summed E-state index contributed by atoms with van der Waals surface area (Å²) in [6, 6.07) is 9.16. The summed E-state index contributed by atoms with van der Waals surface area (Å²) in [6.45, 7) is 2.55. The van der Waals surface area contributed by atoms with Crippen LogP contribution < -0.4 is 5.32 Å². The van der Waals surface area contributed by atoms with Crippen LogP contribution in [0.5, 0.6) is 0 Å². The first-order valence-electron chi connectivity index (χ1n) is 7.66. The highest BCUT2D eigenvalue weighted by molar-refractivity contribution is 9.10. The van der Waals surface area contributed by atoms with Crippen LogP contribution in [0, 0.1) is 0 Å². The van der Waals surface area contributed by atoms with Gasteiger partial charge in [-0.3, -0.25) is 9.69 Å². The minimum Gasteiger partial charge on any atom is -0.468 e. The number of nitrogens with one attached hydrogen (secondary N) is 1. The summed E-state index contributed by atoms with van der Waals surface area (Å²) in [5, 5.41) is 3.43. The van der Waals surface area contributed by atoms with Crippen LogP contribution >= 0.6 is 27.5 Å². The molecule has 0 aliphatic carbocycles. The van der Waals surface area contributed by atoms with Gasteiger partial charge < -0.3 is 9.73 Å². The second kappa shape index (κ2) is 7.51. The van der Waals surface area contributed by atoms with Crippen LogP contribution in [0.3, 0.4) is 0 Å². The quantitative estimate of drug-likeness (QED) is 0.820. The summed E-state index contributed by atoms with van der Waals surface area (Å²) < 4.78 is 6.39. The third kappa shape index (κ3) is 3.97. The van der Waals surface area contributed by atoms with Crippen molar-refractivity contribution in [2.45, 2.75) is 18.9 Å². The van der Waals surface area contributed by atoms with E-state index in [0.29, 0.717) is 17.1 Å². The molecule has 0 radical (unpaired) electrons. The number of nitrogens with zero attached hydrogens (tertiary/aromatic N) is 1. The lowest BCUT2D eigenvalue weighted by atomic mass is 10.1. The van der Waals surface area contributed by atoms with E-state index in [0.717, 1.165) is 23.3 Å². The molecule has 1 unspecified atom stereocenters. The number of furan rings is 1. The maximum absolute atomic E-state index is 12.4. The number of likely N-dealkylation sites (tertiary alicyclic amines) is 1. The van der Waals surface area contributed by atoms with Crippen LogP contribution in [0.4, 0.5) is 0 Å². The number of amides is 1. The van der Waals surface area contributed by atoms with Gasteiger partial charge in [0.15, 0.2) is 0 Å². The van der Waals surface area contributed by atoms with Gasteiger partial charge in [-0.05, 0) is 56.3 Å². The van der Waals surface area contributed by atoms with Crippen molar-refractivity contribution in [2.24, 2.45) is 0 Å². The van der Waals surface area contributed by atoms with Crippen molar-refractivity contribution in [2.75, 3.05) is 19.6 Å². The highest BCUT2D eigenvalue weighted by Crippen LogP contribution is 2.25. The number of halogens is 2. The van der Waals surface area contributed by atoms with Gasteiger partial charge in [-0.1, -0.05) is 27.5 Å². The Labute approximate surface area is 148 Å². The van der Waals surface area contributed by atoms with Crippen molar-refractivity contribution in [1.82, 2.24) is 10.2 Å². The van der Waals surface area contributed by atoms with E-state index in [1.54, 1.807) is 18.4 Å². The molecule has 1 fully saturated rings. The second-order valence-electron chi connectivity index (χ2n) is 5.61. The van der Waals surface area contributed by atoms with Crippen LogP contribution in [0.25, 0.3) is 0 Å². The topological polar surface area (TPSA) is 45.5 Å². The van der Waals surface area contributed by atoms with Gasteiger partial charge in [0.1, 0.15) is 5.76 Å². The van der Waals surface area contributed by atoms with Gasteiger partial charge >= 0.3 is 0 Å². The second-order valence-corrected chi connectivity index (χ2v) is 6.93. The lowest BCUT2D eigenvalue weighted by Gasteiger charge is -2.26. The average molecular weight is 398 g/mol. The van der Waals surface area contributed by atoms with Crippen molar-refractivity contribution in [1.29, 1.82) is 0 Å². The molecule has 0 saturated carbocycles. The summed E-state index contributed by atoms with van der Waals surface area (Å²) in [6.07, 6.45) is 4.04. The fourth-order valence-corrected chi connectivity index (χ4v) is 3.46. The van der Waals surface area contributed by atoms with Crippen LogP contribution in [0.15, 0.2) is 45.5 Å². The summed E-state index contributed by atoms with van der Waals surface area (Å²) in [4.78, 5) is 14.8. The van der Waals surface area contributed by atoms with Gasteiger partial charge in [0.05, 0.1) is 22.9 Å². The monoisotopic (exact) mass is 396 g/mol. The van der Waals surface area contributed by atoms with E-state index in [4.69, 9.17) is 16.0 Å². The fourth-order valence-electron chi connectivity index (χ4n) is 2.90. The van der Waals surface area contributed by atoms with E-state index in [1.165, 1.54) is 12.8 Å². The Balaban J connectivity index is 1.71. The number of rotatable bonds is 5. The molecular formula is C17H18BrClN2O2. The highest BCUT2D eigenvalue weighted by Gasteiger charge is 2.26. The van der Waals surface area contributed by atoms with Crippen LogP contribution in [-0.2, 0) is 0 Å². The Morgan fingerprint density at radius 3 is 2.83 bits per heavy atom. The maximum Gasteiger partial charge on any atom is 0.252 e. The molecule has 2 heterocycles. The van der Waals surface area contributed by atoms with Crippen molar-refractivity contribution in [3.05, 3.63) is 57.4 Å². The van der Waals surface area contributed by atoms with Gasteiger partial charge in [-0.2, -0.15) is 0 Å². The molecule has 23 heavy (non-hydrogen) atoms. The third-order valence-electron chi connectivity index (χ3n) is 4.08. The zero-order valence-electron chi connectivity index (χ0n) is 12.6. The predicted octanol–water partition coefficient (Wildman–Crippen LogP) is 4.26. The predicted molar refractivity (Wildman–Crippen MR) is 93.7 cm³/mol. The number of benzene rings is 1. The van der Waals surface area contributed by atoms with E-state index < -0.39 is 0 Å². The minimum atomic E-state index is -0.174. The Morgan fingerprint density at radius 2 is 2.13 bits per heavy atom. The molecule has 3 rings (SSSR count). The Bertz CT molecular complexity index is 669. The van der Waals surface area contributed by atoms with E-state index >= 15 is 0 Å². The smallest absolute Gasteiger partial charge is 0.252 e. The van der Waals surface area contributed by atoms with Gasteiger partial charge in [0.25, 0.3) is 5.91 Å². The molecule has 0 bridgehead atoms. The van der Waals surface area contributed by atoms with Crippen molar-refractivity contribution < 1.29 is 9.21 Å². The third-order valence-corrected chi connectivity index (χ3v) is 4.90. The van der Waals surface area contributed by atoms with Gasteiger partial charge in [0, 0.05) is 11.0 Å². The zero-order chi connectivity index (χ0) is 16.2. The average Bonchev–Trinajstić information content (AvgIpc) is 3.23. The lowest BCUT2D eigenvalue weighted by Crippen LogP contribution is -2.36. The molecule has 4 nitrogen and oxygen atoms in total. The fraction of sp³-hybridized carbons (Fsp3) is 0.353. The number of hydrogen-bond donors (Lipinski definition) is 1. The molecule has 1 aromatic carbocycles. The number of carbonyl (C=O) groups is 1. The molecule has 6 heteroatoms. The summed E-state index contributed by atoms with van der Waals surface area (Å²) in [5.41, 5.74) is 0.473. The van der Waals surface area contributed by atoms with Crippen LogP contribution in [0.2, 0.25) is 5.02 Å². The SMILES string of the molecule is O=C(NCC(c1ccco1)N1CCCC1)c1cc(Br)ccc1Cl. The van der Waals surface area contributed by atoms with Crippen LogP contribution in [-0.4, -0.2) is 30.4 Å². The molecule has 1 saturated heterocycles. The molecular weight excluding hydrogens is 380 g/mol. The zero-order valence-corrected chi connectivity index (χ0v) is 14.9. The van der Waals surface area contributed by atoms with E-state index in [2.05, 4.69) is 26.1 Å². The van der Waals surface area contributed by atoms with Crippen molar-refractivity contribution in [3.63, 3.8) is 0 Å². The Kier molecular flexibility index (Phi) is 5.41. The molecule has 1 aliphatic rings. The van der Waals surface area contributed by atoms with Crippen molar-refractivity contribution in [3.8, 4) is 0 Å². The molecule has 1 aromatic heterocycles. The van der Waals surface area contributed by atoms with E-state index in [9.17, 15) is 4.79 Å². The molecule has 1 N–H and O–H groups in total. The molecule has 2 aromatic rings. The molecule has 1 aliphatic heterocycles. The summed E-state index contributed by atoms with van der Waals surface area (Å²) in [5.74, 6) is 0.708. The molecule has 0 spiro atoms. The minimum absolute atomic E-state index is 0.0578. The first-order valence-corrected chi connectivity index (χ1v) is 8.83. The summed E-state index contributed by atoms with van der Waals surface area (Å²) >= 11 is 9.49. The normalized spacial score (nSPS) is 16.4. The number of hydrogen-bond acceptors (Lipinski definition) is 3. The standard InChI is InChI=1S/C17H18BrClN2O2/c18-12-5-6-14(19)13(10-12)17(22)20-11-15(16-4-3-9-23-16)21-7-1-2-8-21/h3-6,9-10,15H,1-2,7-8,11H2,(H,20,22). The first kappa shape index (κ1) is 16.6. The Morgan fingerprint density at radius 1 is 1.35 bits per heavy atom. The molecule has 1 amide bonds. The molecule has 122 valence electrons. The van der Waals surface area contributed by atoms with Crippen LogP contribution in [0.1, 0.15) is 35.0 Å². The van der Waals surface area contributed by atoms with E-state index in [1.807, 2.05) is 18.2 Å². The Hall–Kier alpha value is -1.30. The van der Waals surface area contributed by atoms with Gasteiger partial charge in [0.2, 0.25) is 0 Å². The van der Waals surface area contributed by atoms with E-state index in [-0.39, 0.29) is 11.9 Å². The first-order chi connectivity index (χ1) is 11.1. The summed E-state index contributed by atoms with van der Waals surface area (Å²) in [7, 11) is 0. The molecule has 1 atom stereocenters. The maximum atomic E-state index is 12.4.